The van der Waals surface area contributed by atoms with Crippen LogP contribution in [0.1, 0.15) is 20.8 Å². The van der Waals surface area contributed by atoms with E-state index in [1.165, 1.54) is 0 Å². The smallest absolute Gasteiger partial charge is 0.0550 e. The van der Waals surface area contributed by atoms with Crippen LogP contribution in [0.2, 0.25) is 0 Å². The Morgan fingerprint density at radius 1 is 1.27 bits per heavy atom. The monoisotopic (exact) mass is 166 g/mol. The largest absolute Gasteiger partial charge is 0.139 e. The average molecular weight is 166 g/mol. The van der Waals surface area contributed by atoms with E-state index < -0.39 is 0 Å². The van der Waals surface area contributed by atoms with Gasteiger partial charge in [0.05, 0.1) is 4.75 Å². The van der Waals surface area contributed by atoms with Crippen molar-refractivity contribution in [1.29, 1.82) is 0 Å². The Bertz CT molecular complexity index is 232. The molecule has 1 aliphatic carbocycles. The van der Waals surface area contributed by atoms with E-state index in [0.29, 0.717) is 10.2 Å². The average Bonchev–Trinajstić information content (AvgIpc) is 2.59. The lowest BCUT2D eigenvalue weighted by Gasteiger charge is -2.28. The van der Waals surface area contributed by atoms with Crippen LogP contribution in [0.25, 0.3) is 0 Å². The normalized spacial score (nSPS) is 40.5. The van der Waals surface area contributed by atoms with Gasteiger partial charge in [-0.3, -0.25) is 0 Å². The maximum absolute atomic E-state index is 2.36. The summed E-state index contributed by atoms with van der Waals surface area (Å²) in [5, 5.41) is 0.757. The van der Waals surface area contributed by atoms with Gasteiger partial charge >= 0.3 is 0 Å². The molecule has 0 radical (unpaired) electrons. The topological polar surface area (TPSA) is 0 Å². The van der Waals surface area contributed by atoms with Gasteiger partial charge in [-0.2, -0.15) is 0 Å². The molecule has 1 fully saturated rings. The lowest BCUT2D eigenvalue weighted by molar-refractivity contribution is 0.364. The molecule has 11 heavy (non-hydrogen) atoms. The molecule has 1 heterocycles. The van der Waals surface area contributed by atoms with Crippen LogP contribution in [0.4, 0.5) is 0 Å². The SMILES string of the molecule is CC(C)(C)C12C=CC=CC1S2. The van der Waals surface area contributed by atoms with Crippen molar-refractivity contribution < 1.29 is 0 Å². The van der Waals surface area contributed by atoms with Gasteiger partial charge in [-0.05, 0) is 5.41 Å². The van der Waals surface area contributed by atoms with Crippen molar-refractivity contribution in [1.82, 2.24) is 0 Å². The van der Waals surface area contributed by atoms with Gasteiger partial charge in [0.25, 0.3) is 0 Å². The second-order valence-electron chi connectivity index (χ2n) is 4.33. The summed E-state index contributed by atoms with van der Waals surface area (Å²) >= 11 is 2.08. The standard InChI is InChI=1S/C10H14S/c1-9(2,3)10-7-5-4-6-8(10)11-10/h4-8H,1-3H3. The zero-order valence-electron chi connectivity index (χ0n) is 7.29. The van der Waals surface area contributed by atoms with Crippen molar-refractivity contribution in [3.8, 4) is 0 Å². The first kappa shape index (κ1) is 7.48. The fourth-order valence-electron chi connectivity index (χ4n) is 1.71. The van der Waals surface area contributed by atoms with E-state index in [-0.39, 0.29) is 0 Å². The lowest BCUT2D eigenvalue weighted by atomic mass is 9.77. The van der Waals surface area contributed by atoms with Crippen molar-refractivity contribution in [2.45, 2.75) is 30.8 Å². The second kappa shape index (κ2) is 1.95. The maximum atomic E-state index is 2.36. The zero-order valence-corrected chi connectivity index (χ0v) is 8.11. The molecule has 0 aromatic rings. The number of rotatable bonds is 0. The molecule has 0 bridgehead atoms. The van der Waals surface area contributed by atoms with Crippen LogP contribution in [-0.2, 0) is 0 Å². The number of hydrogen-bond acceptors (Lipinski definition) is 1. The Labute approximate surface area is 72.8 Å². The van der Waals surface area contributed by atoms with Crippen LogP contribution in [0.15, 0.2) is 24.3 Å². The first-order valence-electron chi connectivity index (χ1n) is 4.10. The van der Waals surface area contributed by atoms with Gasteiger partial charge in [0.2, 0.25) is 0 Å². The summed E-state index contributed by atoms with van der Waals surface area (Å²) in [5.74, 6) is 0. The Kier molecular flexibility index (Phi) is 1.32. The van der Waals surface area contributed by atoms with E-state index in [9.17, 15) is 0 Å². The maximum Gasteiger partial charge on any atom is 0.0550 e. The van der Waals surface area contributed by atoms with E-state index >= 15 is 0 Å². The molecular weight excluding hydrogens is 152 g/mol. The van der Waals surface area contributed by atoms with Gasteiger partial charge in [0.1, 0.15) is 0 Å². The molecule has 1 heteroatoms. The molecule has 0 amide bonds. The zero-order chi connectivity index (χ0) is 8.11. The van der Waals surface area contributed by atoms with Gasteiger partial charge < -0.3 is 0 Å². The summed E-state index contributed by atoms with van der Waals surface area (Å²) in [4.78, 5) is 0. The summed E-state index contributed by atoms with van der Waals surface area (Å²) < 4.78 is 0.432. The highest BCUT2D eigenvalue weighted by Crippen LogP contribution is 2.65. The minimum absolute atomic E-state index is 0.406. The fourth-order valence-corrected chi connectivity index (χ4v) is 3.25. The molecule has 2 rings (SSSR count). The van der Waals surface area contributed by atoms with Crippen LogP contribution in [0.3, 0.4) is 0 Å². The van der Waals surface area contributed by atoms with Gasteiger partial charge in [0, 0.05) is 5.25 Å². The van der Waals surface area contributed by atoms with Crippen LogP contribution in [-0.4, -0.2) is 10.00 Å². The molecule has 0 nitrogen and oxygen atoms in total. The summed E-state index contributed by atoms with van der Waals surface area (Å²) in [5.41, 5.74) is 0.406. The summed E-state index contributed by atoms with van der Waals surface area (Å²) in [7, 11) is 0. The molecular formula is C10H14S. The van der Waals surface area contributed by atoms with Crippen molar-refractivity contribution in [3.63, 3.8) is 0 Å². The first-order chi connectivity index (χ1) is 5.06. The van der Waals surface area contributed by atoms with Crippen molar-refractivity contribution >= 4 is 11.8 Å². The second-order valence-corrected chi connectivity index (χ2v) is 5.74. The molecule has 60 valence electrons. The molecule has 2 aliphatic rings. The third-order valence-corrected chi connectivity index (χ3v) is 4.52. The molecule has 2 atom stereocenters. The van der Waals surface area contributed by atoms with Crippen LogP contribution >= 0.6 is 11.8 Å². The Morgan fingerprint density at radius 2 is 2.00 bits per heavy atom. The molecule has 0 aromatic carbocycles. The summed E-state index contributed by atoms with van der Waals surface area (Å²) in [6.07, 6.45) is 9.02. The molecule has 0 saturated carbocycles. The Balaban J connectivity index is 2.29. The quantitative estimate of drug-likeness (QED) is 0.498. The van der Waals surface area contributed by atoms with Crippen molar-refractivity contribution in [3.05, 3.63) is 24.3 Å². The number of allylic oxidation sites excluding steroid dienone is 2. The lowest BCUT2D eigenvalue weighted by Crippen LogP contribution is -2.29. The van der Waals surface area contributed by atoms with E-state index in [4.69, 9.17) is 0 Å². The van der Waals surface area contributed by atoms with Crippen LogP contribution < -0.4 is 0 Å². The third-order valence-electron chi connectivity index (χ3n) is 2.60. The van der Waals surface area contributed by atoms with E-state index in [0.717, 1.165) is 5.25 Å². The number of thioether (sulfide) groups is 1. The number of fused-ring (bicyclic) bond motifs is 1. The van der Waals surface area contributed by atoms with Gasteiger partial charge in [-0.25, -0.2) is 0 Å². The van der Waals surface area contributed by atoms with Crippen molar-refractivity contribution in [2.75, 3.05) is 0 Å². The highest BCUT2D eigenvalue weighted by molar-refractivity contribution is 8.09. The Morgan fingerprint density at radius 3 is 2.45 bits per heavy atom. The van der Waals surface area contributed by atoms with Gasteiger partial charge in [-0.1, -0.05) is 45.1 Å². The minimum Gasteiger partial charge on any atom is -0.139 e. The predicted octanol–water partition coefficient (Wildman–Crippen LogP) is 3.01. The molecule has 0 aromatic heterocycles. The predicted molar refractivity (Wildman–Crippen MR) is 51.8 cm³/mol. The molecule has 0 spiro atoms. The summed E-state index contributed by atoms with van der Waals surface area (Å²) in [6, 6.07) is 0. The van der Waals surface area contributed by atoms with E-state index in [1.807, 2.05) is 0 Å². The number of hydrogen-bond donors (Lipinski definition) is 0. The molecule has 1 saturated heterocycles. The summed E-state index contributed by atoms with van der Waals surface area (Å²) in [6.45, 7) is 6.97. The van der Waals surface area contributed by atoms with E-state index in [2.05, 4.69) is 56.8 Å². The van der Waals surface area contributed by atoms with Gasteiger partial charge in [-0.15, -0.1) is 11.8 Å². The van der Waals surface area contributed by atoms with Crippen LogP contribution in [0.5, 0.6) is 0 Å². The minimum atomic E-state index is 0.406. The highest BCUT2D eigenvalue weighted by Gasteiger charge is 2.59. The molecule has 1 aliphatic heterocycles. The third kappa shape index (κ3) is 0.903. The first-order valence-corrected chi connectivity index (χ1v) is 4.98. The molecule has 0 N–H and O–H groups in total. The van der Waals surface area contributed by atoms with Crippen LogP contribution in [0, 0.1) is 5.41 Å². The fraction of sp³-hybridized carbons (Fsp3) is 0.600. The molecule has 2 unspecified atom stereocenters. The highest BCUT2D eigenvalue weighted by atomic mass is 32.2. The van der Waals surface area contributed by atoms with Crippen molar-refractivity contribution in [2.24, 2.45) is 5.41 Å². The van der Waals surface area contributed by atoms with Gasteiger partial charge in [0.15, 0.2) is 0 Å². The van der Waals surface area contributed by atoms with E-state index in [1.54, 1.807) is 0 Å². The Hall–Kier alpha value is -0.170.